The number of carbonyl (C=O) groups is 1. The first-order valence-corrected chi connectivity index (χ1v) is 10.0. The second-order valence-electron chi connectivity index (χ2n) is 6.30. The largest absolute Gasteiger partial charge is 0.323 e. The van der Waals surface area contributed by atoms with Gasteiger partial charge in [0.2, 0.25) is 0 Å². The Morgan fingerprint density at radius 3 is 2.52 bits per heavy atom. The van der Waals surface area contributed by atoms with E-state index in [1.54, 1.807) is 24.5 Å². The van der Waals surface area contributed by atoms with Crippen LogP contribution in [-0.2, 0) is 16.6 Å². The molecule has 0 radical (unpaired) electrons. The first-order valence-electron chi connectivity index (χ1n) is 8.65. The summed E-state index contributed by atoms with van der Waals surface area (Å²) in [6, 6.07) is 10.7. The van der Waals surface area contributed by atoms with Crippen LogP contribution >= 0.6 is 0 Å². The third-order valence-corrected chi connectivity index (χ3v) is 6.19. The fraction of sp³-hybridized carbons (Fsp3) is 0.368. The predicted octanol–water partition coefficient (Wildman–Crippen LogP) is 4.31. The van der Waals surface area contributed by atoms with E-state index in [2.05, 4.69) is 15.6 Å². The number of amides is 2. The van der Waals surface area contributed by atoms with Gasteiger partial charge in [0.1, 0.15) is 0 Å². The van der Waals surface area contributed by atoms with Crippen LogP contribution in [0, 0.1) is 0 Å². The molecule has 0 saturated heterocycles. The van der Waals surface area contributed by atoms with Crippen LogP contribution in [0.2, 0.25) is 0 Å². The number of aromatic nitrogens is 1. The molecule has 1 unspecified atom stereocenters. The topological polar surface area (TPSA) is 71.1 Å². The van der Waals surface area contributed by atoms with Gasteiger partial charge in [-0.25, -0.2) is 4.79 Å². The van der Waals surface area contributed by atoms with Gasteiger partial charge in [0.25, 0.3) is 0 Å². The van der Waals surface area contributed by atoms with Gasteiger partial charge in [-0.2, -0.15) is 0 Å². The second-order valence-corrected chi connectivity index (χ2v) is 8.02. The molecule has 1 aromatic carbocycles. The molecule has 1 heterocycles. The minimum atomic E-state index is -0.845. The lowest BCUT2D eigenvalue weighted by atomic mass is 10.0. The third kappa shape index (κ3) is 5.39. The lowest BCUT2D eigenvalue weighted by molar-refractivity contribution is 0.262. The van der Waals surface area contributed by atoms with Crippen LogP contribution in [0.25, 0.3) is 0 Å². The number of rotatable bonds is 5. The number of hydrogen-bond donors (Lipinski definition) is 2. The fourth-order valence-corrected chi connectivity index (χ4v) is 4.68. The van der Waals surface area contributed by atoms with Crippen molar-refractivity contribution in [1.29, 1.82) is 0 Å². The molecular weight excluding hydrogens is 334 g/mol. The van der Waals surface area contributed by atoms with Gasteiger partial charge in [0, 0.05) is 45.6 Å². The van der Waals surface area contributed by atoms with Crippen LogP contribution < -0.4 is 10.6 Å². The van der Waals surface area contributed by atoms with Crippen molar-refractivity contribution in [2.75, 3.05) is 10.6 Å². The van der Waals surface area contributed by atoms with Crippen LogP contribution in [0.5, 0.6) is 0 Å². The molecule has 1 aromatic heterocycles. The summed E-state index contributed by atoms with van der Waals surface area (Å²) in [7, 11) is -0.845. The Bertz CT molecular complexity index is 730. The van der Waals surface area contributed by atoms with Gasteiger partial charge in [-0.1, -0.05) is 31.4 Å². The summed E-state index contributed by atoms with van der Waals surface area (Å²) in [4.78, 5) is 16.0. The minimum Gasteiger partial charge on any atom is -0.308 e. The van der Waals surface area contributed by atoms with E-state index in [0.717, 1.165) is 18.4 Å². The molecule has 2 aromatic rings. The van der Waals surface area contributed by atoms with Gasteiger partial charge in [-0.05, 0) is 42.7 Å². The maximum Gasteiger partial charge on any atom is 0.323 e. The first-order chi connectivity index (χ1) is 12.2. The Kier molecular flexibility index (Phi) is 6.17. The molecule has 1 fully saturated rings. The highest BCUT2D eigenvalue weighted by molar-refractivity contribution is 7.84. The van der Waals surface area contributed by atoms with E-state index in [4.69, 9.17) is 0 Å². The van der Waals surface area contributed by atoms with Crippen molar-refractivity contribution in [3.05, 3.63) is 54.4 Å². The number of benzene rings is 1. The molecule has 6 heteroatoms. The van der Waals surface area contributed by atoms with E-state index in [1.165, 1.54) is 19.3 Å². The van der Waals surface area contributed by atoms with E-state index < -0.39 is 10.8 Å². The van der Waals surface area contributed by atoms with E-state index in [-0.39, 0.29) is 6.03 Å². The van der Waals surface area contributed by atoms with Gasteiger partial charge in [0.05, 0.1) is 0 Å². The highest BCUT2D eigenvalue weighted by atomic mass is 32.2. The van der Waals surface area contributed by atoms with E-state index in [1.807, 2.05) is 24.3 Å². The monoisotopic (exact) mass is 357 g/mol. The number of nitrogens with one attached hydrogen (secondary N) is 2. The molecule has 0 aliphatic heterocycles. The minimum absolute atomic E-state index is 0.309. The summed E-state index contributed by atoms with van der Waals surface area (Å²) < 4.78 is 12.5. The molecule has 0 bridgehead atoms. The zero-order chi connectivity index (χ0) is 17.5. The quantitative estimate of drug-likeness (QED) is 0.838. The van der Waals surface area contributed by atoms with Gasteiger partial charge >= 0.3 is 6.03 Å². The number of pyridine rings is 1. The van der Waals surface area contributed by atoms with Gasteiger partial charge < -0.3 is 10.6 Å². The molecule has 3 rings (SSSR count). The molecular formula is C19H23N3O2S. The normalized spacial score (nSPS) is 16.2. The lowest BCUT2D eigenvalue weighted by Crippen LogP contribution is -2.20. The number of carbonyl (C=O) groups excluding carboxylic acids is 1. The van der Waals surface area contributed by atoms with Crippen molar-refractivity contribution >= 4 is 28.2 Å². The van der Waals surface area contributed by atoms with Crippen LogP contribution in [-0.4, -0.2) is 20.5 Å². The second kappa shape index (κ2) is 8.76. The summed E-state index contributed by atoms with van der Waals surface area (Å²) in [5, 5.41) is 5.89. The zero-order valence-electron chi connectivity index (χ0n) is 14.1. The van der Waals surface area contributed by atoms with Crippen LogP contribution in [0.15, 0.2) is 48.8 Å². The number of anilines is 2. The highest BCUT2D eigenvalue weighted by Gasteiger charge is 2.19. The molecule has 1 saturated carbocycles. The molecule has 1 aliphatic carbocycles. The van der Waals surface area contributed by atoms with Crippen molar-refractivity contribution in [1.82, 2.24) is 4.98 Å². The van der Waals surface area contributed by atoms with Crippen LogP contribution in [0.1, 0.15) is 37.7 Å². The van der Waals surface area contributed by atoms with E-state index in [0.29, 0.717) is 22.4 Å². The molecule has 132 valence electrons. The molecule has 1 atom stereocenters. The van der Waals surface area contributed by atoms with Crippen molar-refractivity contribution in [3.8, 4) is 0 Å². The molecule has 0 spiro atoms. The smallest absolute Gasteiger partial charge is 0.308 e. The fourth-order valence-electron chi connectivity index (χ4n) is 3.08. The van der Waals surface area contributed by atoms with Crippen LogP contribution in [0.4, 0.5) is 16.2 Å². The Morgan fingerprint density at radius 1 is 1.04 bits per heavy atom. The maximum absolute atomic E-state index is 12.5. The Labute approximate surface area is 150 Å². The Morgan fingerprint density at radius 2 is 1.76 bits per heavy atom. The SMILES string of the molecule is O=C(Nc1ccncc1)Nc1cccc(CS(=O)C2CCCCC2)c1. The van der Waals surface area contributed by atoms with Crippen LogP contribution in [0.3, 0.4) is 0 Å². The summed E-state index contributed by atoms with van der Waals surface area (Å²) in [6.07, 6.45) is 9.02. The highest BCUT2D eigenvalue weighted by Crippen LogP contribution is 2.24. The van der Waals surface area contributed by atoms with Gasteiger partial charge in [0.15, 0.2) is 0 Å². The average molecular weight is 357 g/mol. The summed E-state index contributed by atoms with van der Waals surface area (Å²) in [6.45, 7) is 0. The van der Waals surface area contributed by atoms with Crippen molar-refractivity contribution in [2.45, 2.75) is 43.1 Å². The summed E-state index contributed by atoms with van der Waals surface area (Å²) >= 11 is 0. The average Bonchev–Trinajstić information content (AvgIpc) is 2.63. The van der Waals surface area contributed by atoms with E-state index >= 15 is 0 Å². The number of urea groups is 1. The molecule has 5 nitrogen and oxygen atoms in total. The van der Waals surface area contributed by atoms with Crippen molar-refractivity contribution in [3.63, 3.8) is 0 Å². The summed E-state index contributed by atoms with van der Waals surface area (Å²) in [5.74, 6) is 0.548. The number of hydrogen-bond acceptors (Lipinski definition) is 3. The van der Waals surface area contributed by atoms with Gasteiger partial charge in [-0.15, -0.1) is 0 Å². The molecule has 2 amide bonds. The first kappa shape index (κ1) is 17.6. The third-order valence-electron chi connectivity index (χ3n) is 4.36. The molecule has 2 N–H and O–H groups in total. The zero-order valence-corrected chi connectivity index (χ0v) is 14.9. The Hall–Kier alpha value is -2.21. The molecule has 25 heavy (non-hydrogen) atoms. The van der Waals surface area contributed by atoms with E-state index in [9.17, 15) is 9.00 Å². The Balaban J connectivity index is 1.57. The van der Waals surface area contributed by atoms with Crippen molar-refractivity contribution in [2.24, 2.45) is 0 Å². The number of nitrogens with zero attached hydrogens (tertiary/aromatic N) is 1. The maximum atomic E-state index is 12.5. The predicted molar refractivity (Wildman–Crippen MR) is 102 cm³/mol. The molecule has 1 aliphatic rings. The summed E-state index contributed by atoms with van der Waals surface area (Å²) in [5.41, 5.74) is 2.37. The van der Waals surface area contributed by atoms with Crippen molar-refractivity contribution < 1.29 is 9.00 Å². The standard InChI is InChI=1S/C19H23N3O2S/c23-19(21-16-9-11-20-12-10-16)22-17-6-4-5-15(13-17)14-25(24)18-7-2-1-3-8-18/h4-6,9-13,18H,1-3,7-8,14H2,(H2,20,21,22,23). The van der Waals surface area contributed by atoms with Gasteiger partial charge in [-0.3, -0.25) is 9.19 Å². The lowest BCUT2D eigenvalue weighted by Gasteiger charge is -2.21.